The van der Waals surface area contributed by atoms with Crippen LogP contribution >= 0.6 is 11.3 Å². The molecule has 0 spiro atoms. The molecule has 6 nitrogen and oxygen atoms in total. The zero-order valence-corrected chi connectivity index (χ0v) is 14.0. The predicted octanol–water partition coefficient (Wildman–Crippen LogP) is 2.77. The van der Waals surface area contributed by atoms with E-state index >= 15 is 0 Å². The SMILES string of the molecule is CC(=O)c1ccc(C(=O)N[C@@H](C)c2ccc3c(c2)NC(=O)CO3)s1. The van der Waals surface area contributed by atoms with Crippen LogP contribution in [0.3, 0.4) is 0 Å². The summed E-state index contributed by atoms with van der Waals surface area (Å²) in [4.78, 5) is 36.1. The molecule has 2 aromatic rings. The molecule has 0 aliphatic carbocycles. The van der Waals surface area contributed by atoms with Crippen molar-refractivity contribution >= 4 is 34.6 Å². The normalized spacial score (nSPS) is 14.2. The Morgan fingerprint density at radius 2 is 2.00 bits per heavy atom. The van der Waals surface area contributed by atoms with Gasteiger partial charge >= 0.3 is 0 Å². The van der Waals surface area contributed by atoms with Crippen LogP contribution < -0.4 is 15.4 Å². The summed E-state index contributed by atoms with van der Waals surface area (Å²) in [5.74, 6) is 0.114. The topological polar surface area (TPSA) is 84.5 Å². The van der Waals surface area contributed by atoms with Crippen LogP contribution in [-0.4, -0.2) is 24.2 Å². The van der Waals surface area contributed by atoms with E-state index in [2.05, 4.69) is 10.6 Å². The van der Waals surface area contributed by atoms with Crippen molar-refractivity contribution in [3.05, 3.63) is 45.6 Å². The lowest BCUT2D eigenvalue weighted by Crippen LogP contribution is -2.27. The van der Waals surface area contributed by atoms with Crippen LogP contribution in [0.5, 0.6) is 5.75 Å². The second-order valence-electron chi connectivity index (χ2n) is 5.51. The smallest absolute Gasteiger partial charge is 0.262 e. The number of carbonyl (C=O) groups is 3. The first kappa shape index (κ1) is 16.2. The number of hydrogen-bond acceptors (Lipinski definition) is 5. The number of Topliss-reactive ketones (excluding diaryl/α,β-unsaturated/α-hetero) is 1. The summed E-state index contributed by atoms with van der Waals surface area (Å²) in [6.45, 7) is 3.33. The average molecular weight is 344 g/mol. The molecule has 0 saturated carbocycles. The molecular weight excluding hydrogens is 328 g/mol. The second kappa shape index (κ2) is 6.45. The lowest BCUT2D eigenvalue weighted by atomic mass is 10.1. The van der Waals surface area contributed by atoms with Crippen molar-refractivity contribution in [1.82, 2.24) is 5.32 Å². The standard InChI is InChI=1S/C17H16N2O4S/c1-9(18-17(22)15-6-5-14(24-15)10(2)20)11-3-4-13-12(7-11)19-16(21)8-23-13/h3-7,9H,8H2,1-2H3,(H,18,22)(H,19,21)/t9-/m0/s1. The van der Waals surface area contributed by atoms with E-state index in [0.717, 1.165) is 5.56 Å². The molecule has 0 radical (unpaired) electrons. The van der Waals surface area contributed by atoms with Gasteiger partial charge in [0.25, 0.3) is 11.8 Å². The molecule has 1 aliphatic heterocycles. The van der Waals surface area contributed by atoms with Crippen molar-refractivity contribution in [2.24, 2.45) is 0 Å². The fourth-order valence-corrected chi connectivity index (χ4v) is 3.17. The number of hydrogen-bond donors (Lipinski definition) is 2. The van der Waals surface area contributed by atoms with Crippen molar-refractivity contribution in [2.75, 3.05) is 11.9 Å². The van der Waals surface area contributed by atoms with Gasteiger partial charge in [-0.3, -0.25) is 14.4 Å². The van der Waals surface area contributed by atoms with E-state index in [9.17, 15) is 14.4 Å². The third-order valence-corrected chi connectivity index (χ3v) is 4.85. The molecule has 1 aromatic heterocycles. The minimum absolute atomic E-state index is 0.00942. The summed E-state index contributed by atoms with van der Waals surface area (Å²) >= 11 is 1.17. The zero-order valence-electron chi connectivity index (χ0n) is 13.2. The maximum Gasteiger partial charge on any atom is 0.262 e. The summed E-state index contributed by atoms with van der Waals surface area (Å²) < 4.78 is 5.32. The summed E-state index contributed by atoms with van der Waals surface area (Å²) in [5.41, 5.74) is 1.44. The first-order chi connectivity index (χ1) is 11.4. The highest BCUT2D eigenvalue weighted by molar-refractivity contribution is 7.15. The van der Waals surface area contributed by atoms with Gasteiger partial charge in [-0.1, -0.05) is 6.07 Å². The minimum Gasteiger partial charge on any atom is -0.482 e. The van der Waals surface area contributed by atoms with Gasteiger partial charge < -0.3 is 15.4 Å². The summed E-state index contributed by atoms with van der Waals surface area (Å²) in [6, 6.07) is 8.43. The van der Waals surface area contributed by atoms with Crippen LogP contribution in [0.15, 0.2) is 30.3 Å². The average Bonchev–Trinajstić information content (AvgIpc) is 3.04. The number of fused-ring (bicyclic) bond motifs is 1. The first-order valence-electron chi connectivity index (χ1n) is 7.42. The number of amides is 2. The molecule has 1 aromatic carbocycles. The van der Waals surface area contributed by atoms with Crippen LogP contribution in [0, 0.1) is 0 Å². The Balaban J connectivity index is 1.73. The van der Waals surface area contributed by atoms with Crippen LogP contribution in [0.1, 0.15) is 44.8 Å². The zero-order chi connectivity index (χ0) is 17.3. The summed E-state index contributed by atoms with van der Waals surface area (Å²) in [6.07, 6.45) is 0. The van der Waals surface area contributed by atoms with Gasteiger partial charge in [0.15, 0.2) is 12.4 Å². The first-order valence-corrected chi connectivity index (χ1v) is 8.24. The number of anilines is 1. The molecule has 0 bridgehead atoms. The van der Waals surface area contributed by atoms with E-state index in [1.54, 1.807) is 24.3 Å². The monoisotopic (exact) mass is 344 g/mol. The lowest BCUT2D eigenvalue weighted by molar-refractivity contribution is -0.118. The Morgan fingerprint density at radius 3 is 2.71 bits per heavy atom. The van der Waals surface area contributed by atoms with E-state index in [4.69, 9.17) is 4.74 Å². The molecule has 2 amide bonds. The molecule has 24 heavy (non-hydrogen) atoms. The van der Waals surface area contributed by atoms with E-state index in [-0.39, 0.29) is 30.2 Å². The van der Waals surface area contributed by atoms with Crippen LogP contribution in [0.25, 0.3) is 0 Å². The molecule has 0 unspecified atom stereocenters. The molecule has 2 heterocycles. The quantitative estimate of drug-likeness (QED) is 0.835. The number of ketones is 1. The molecule has 3 rings (SSSR count). The number of rotatable bonds is 4. The second-order valence-corrected chi connectivity index (χ2v) is 6.59. The van der Waals surface area contributed by atoms with Gasteiger partial charge in [-0.15, -0.1) is 11.3 Å². The largest absolute Gasteiger partial charge is 0.482 e. The number of ether oxygens (including phenoxy) is 1. The Bertz CT molecular complexity index is 828. The fourth-order valence-electron chi connectivity index (χ4n) is 2.37. The Labute approximate surface area is 142 Å². The maximum absolute atomic E-state index is 12.3. The molecule has 7 heteroatoms. The Morgan fingerprint density at radius 1 is 1.25 bits per heavy atom. The fraction of sp³-hybridized carbons (Fsp3) is 0.235. The van der Waals surface area contributed by atoms with Gasteiger partial charge in [-0.2, -0.15) is 0 Å². The third-order valence-electron chi connectivity index (χ3n) is 3.66. The highest BCUT2D eigenvalue weighted by Crippen LogP contribution is 2.30. The number of thiophene rings is 1. The van der Waals surface area contributed by atoms with Gasteiger partial charge in [0.2, 0.25) is 0 Å². The number of benzene rings is 1. The summed E-state index contributed by atoms with van der Waals surface area (Å²) in [7, 11) is 0. The van der Waals surface area contributed by atoms with E-state index in [1.807, 2.05) is 13.0 Å². The van der Waals surface area contributed by atoms with Crippen LogP contribution in [0.4, 0.5) is 5.69 Å². The molecule has 1 aliphatic rings. The van der Waals surface area contributed by atoms with Gasteiger partial charge in [0, 0.05) is 0 Å². The van der Waals surface area contributed by atoms with Crippen LogP contribution in [-0.2, 0) is 4.79 Å². The van der Waals surface area contributed by atoms with Gasteiger partial charge in [-0.05, 0) is 43.7 Å². The molecule has 2 N–H and O–H groups in total. The van der Waals surface area contributed by atoms with Crippen molar-refractivity contribution < 1.29 is 19.1 Å². The van der Waals surface area contributed by atoms with E-state index in [1.165, 1.54) is 18.3 Å². The highest BCUT2D eigenvalue weighted by Gasteiger charge is 2.19. The molecule has 0 saturated heterocycles. The van der Waals surface area contributed by atoms with Gasteiger partial charge in [-0.25, -0.2) is 0 Å². The van der Waals surface area contributed by atoms with E-state index < -0.39 is 0 Å². The minimum atomic E-state index is -0.260. The van der Waals surface area contributed by atoms with Crippen molar-refractivity contribution in [1.29, 1.82) is 0 Å². The number of nitrogens with one attached hydrogen (secondary N) is 2. The molecule has 0 fully saturated rings. The highest BCUT2D eigenvalue weighted by atomic mass is 32.1. The molecule has 1 atom stereocenters. The Hall–Kier alpha value is -2.67. The van der Waals surface area contributed by atoms with Crippen molar-refractivity contribution in [3.63, 3.8) is 0 Å². The van der Waals surface area contributed by atoms with Gasteiger partial charge in [0.1, 0.15) is 5.75 Å². The Kier molecular flexibility index (Phi) is 4.35. The third kappa shape index (κ3) is 3.30. The predicted molar refractivity (Wildman–Crippen MR) is 90.8 cm³/mol. The molecular formula is C17H16N2O4S. The van der Waals surface area contributed by atoms with Gasteiger partial charge in [0.05, 0.1) is 21.5 Å². The van der Waals surface area contributed by atoms with Crippen LogP contribution in [0.2, 0.25) is 0 Å². The van der Waals surface area contributed by atoms with Crippen molar-refractivity contribution in [3.8, 4) is 5.75 Å². The maximum atomic E-state index is 12.3. The van der Waals surface area contributed by atoms with E-state index in [0.29, 0.717) is 21.2 Å². The lowest BCUT2D eigenvalue weighted by Gasteiger charge is -2.20. The van der Waals surface area contributed by atoms with Crippen molar-refractivity contribution in [2.45, 2.75) is 19.9 Å². The summed E-state index contributed by atoms with van der Waals surface area (Å²) in [5, 5.41) is 5.63. The molecule has 124 valence electrons. The number of carbonyl (C=O) groups excluding carboxylic acids is 3.